The van der Waals surface area contributed by atoms with Crippen molar-refractivity contribution in [3.8, 4) is 5.75 Å². The number of hydrogen-bond acceptors (Lipinski definition) is 4. The number of aliphatic hydroxyl groups is 1. The van der Waals surface area contributed by atoms with E-state index in [2.05, 4.69) is 0 Å². The Kier molecular flexibility index (Phi) is 5.91. The number of carbonyl (C=O) groups is 2. The monoisotopic (exact) mass is 471 g/mol. The first-order valence-corrected chi connectivity index (χ1v) is 10.2. The summed E-state index contributed by atoms with van der Waals surface area (Å²) in [5.41, 5.74) is 0.779. The largest absolute Gasteiger partial charge is 0.507 e. The van der Waals surface area contributed by atoms with Crippen LogP contribution in [-0.4, -0.2) is 23.9 Å². The fourth-order valence-electron chi connectivity index (χ4n) is 3.62. The number of ether oxygens (including phenoxy) is 1. The Balaban J connectivity index is 1.96. The number of benzene rings is 3. The molecule has 1 aliphatic heterocycles. The molecule has 3 aromatic carbocycles. The van der Waals surface area contributed by atoms with Gasteiger partial charge in [0.1, 0.15) is 17.3 Å². The highest BCUT2D eigenvalue weighted by Crippen LogP contribution is 2.43. The fourth-order valence-corrected chi connectivity index (χ4v) is 3.95. The van der Waals surface area contributed by atoms with Crippen LogP contribution in [0.2, 0.25) is 10.0 Å². The van der Waals surface area contributed by atoms with Gasteiger partial charge in [-0.05, 0) is 60.2 Å². The second-order valence-corrected chi connectivity index (χ2v) is 7.89. The Bertz CT molecular complexity index is 1240. The molecular weight excluding hydrogens is 456 g/mol. The number of ketones is 1. The van der Waals surface area contributed by atoms with Gasteiger partial charge in [0.2, 0.25) is 0 Å². The van der Waals surface area contributed by atoms with Crippen LogP contribution in [0.3, 0.4) is 0 Å². The highest BCUT2D eigenvalue weighted by Gasteiger charge is 2.47. The maximum atomic E-state index is 13.6. The highest BCUT2D eigenvalue weighted by atomic mass is 35.5. The van der Waals surface area contributed by atoms with Gasteiger partial charge in [0, 0.05) is 16.3 Å². The Morgan fingerprint density at radius 2 is 1.66 bits per heavy atom. The van der Waals surface area contributed by atoms with Crippen LogP contribution in [0.4, 0.5) is 10.1 Å². The first-order valence-electron chi connectivity index (χ1n) is 9.47. The summed E-state index contributed by atoms with van der Waals surface area (Å²) in [5, 5.41) is 11.8. The van der Waals surface area contributed by atoms with E-state index in [1.54, 1.807) is 30.3 Å². The maximum absolute atomic E-state index is 13.6. The third kappa shape index (κ3) is 3.83. The minimum Gasteiger partial charge on any atom is -0.507 e. The molecule has 0 bridgehead atoms. The van der Waals surface area contributed by atoms with Crippen molar-refractivity contribution in [1.82, 2.24) is 0 Å². The van der Waals surface area contributed by atoms with Gasteiger partial charge in [-0.3, -0.25) is 14.5 Å². The molecule has 0 spiro atoms. The molecule has 0 radical (unpaired) electrons. The summed E-state index contributed by atoms with van der Waals surface area (Å²) in [5.74, 6) is -2.28. The molecule has 1 N–H and O–H groups in total. The molecule has 32 heavy (non-hydrogen) atoms. The van der Waals surface area contributed by atoms with Gasteiger partial charge >= 0.3 is 0 Å². The van der Waals surface area contributed by atoms with Crippen molar-refractivity contribution < 1.29 is 23.8 Å². The van der Waals surface area contributed by atoms with Crippen molar-refractivity contribution in [3.05, 3.63) is 99.3 Å². The van der Waals surface area contributed by atoms with E-state index in [-0.39, 0.29) is 16.2 Å². The lowest BCUT2D eigenvalue weighted by Gasteiger charge is -2.25. The molecule has 162 valence electrons. The van der Waals surface area contributed by atoms with Crippen molar-refractivity contribution in [2.45, 2.75) is 6.04 Å². The van der Waals surface area contributed by atoms with Gasteiger partial charge in [0.15, 0.2) is 0 Å². The summed E-state index contributed by atoms with van der Waals surface area (Å²) in [7, 11) is 1.45. The van der Waals surface area contributed by atoms with Crippen LogP contribution in [0.1, 0.15) is 17.2 Å². The second-order valence-electron chi connectivity index (χ2n) is 7.04. The lowest BCUT2D eigenvalue weighted by molar-refractivity contribution is -0.132. The van der Waals surface area contributed by atoms with Crippen molar-refractivity contribution in [2.24, 2.45) is 0 Å². The molecule has 1 atom stereocenters. The molecule has 0 aliphatic carbocycles. The molecule has 1 amide bonds. The van der Waals surface area contributed by atoms with E-state index in [0.717, 1.165) is 0 Å². The molecule has 1 unspecified atom stereocenters. The standard InChI is InChI=1S/C24H16Cl2FNO4/c1-32-17-10-11-19(26)18(12-17)22(29)20-21(13-2-6-15(27)7-3-13)28(24(31)23(20)30)16-8-4-14(25)5-9-16/h2-12,21,29H,1H3/b22-20+. The van der Waals surface area contributed by atoms with Crippen LogP contribution in [0, 0.1) is 5.82 Å². The molecule has 3 aromatic rings. The number of hydrogen-bond donors (Lipinski definition) is 1. The lowest BCUT2D eigenvalue weighted by Crippen LogP contribution is -2.29. The van der Waals surface area contributed by atoms with Gasteiger partial charge in [-0.15, -0.1) is 0 Å². The molecular formula is C24H16Cl2FNO4. The molecule has 1 heterocycles. The van der Waals surface area contributed by atoms with Gasteiger partial charge in [0.05, 0.1) is 23.7 Å². The maximum Gasteiger partial charge on any atom is 0.300 e. The fraction of sp³-hybridized carbons (Fsp3) is 0.0833. The zero-order valence-corrected chi connectivity index (χ0v) is 18.2. The zero-order valence-electron chi connectivity index (χ0n) is 16.7. The molecule has 4 rings (SSSR count). The van der Waals surface area contributed by atoms with Gasteiger partial charge in [-0.1, -0.05) is 35.3 Å². The van der Waals surface area contributed by atoms with Crippen molar-refractivity contribution >= 4 is 46.3 Å². The topological polar surface area (TPSA) is 66.8 Å². The average molecular weight is 472 g/mol. The molecule has 0 saturated carbocycles. The van der Waals surface area contributed by atoms with Gasteiger partial charge < -0.3 is 9.84 Å². The molecule has 8 heteroatoms. The number of nitrogens with zero attached hydrogens (tertiary/aromatic N) is 1. The number of amides is 1. The van der Waals surface area contributed by atoms with Gasteiger partial charge in [-0.2, -0.15) is 0 Å². The van der Waals surface area contributed by atoms with Crippen molar-refractivity contribution in [2.75, 3.05) is 12.0 Å². The van der Waals surface area contributed by atoms with Gasteiger partial charge in [0.25, 0.3) is 11.7 Å². The normalized spacial score (nSPS) is 17.6. The molecule has 1 saturated heterocycles. The smallest absolute Gasteiger partial charge is 0.300 e. The average Bonchev–Trinajstić information content (AvgIpc) is 3.05. The van der Waals surface area contributed by atoms with E-state index in [9.17, 15) is 19.1 Å². The number of aliphatic hydroxyl groups excluding tert-OH is 1. The molecule has 1 fully saturated rings. The zero-order chi connectivity index (χ0) is 23.0. The van der Waals surface area contributed by atoms with Crippen LogP contribution in [0.15, 0.2) is 72.3 Å². The number of rotatable bonds is 4. The Morgan fingerprint density at radius 1 is 1.00 bits per heavy atom. The number of halogens is 3. The van der Waals surface area contributed by atoms with Crippen LogP contribution < -0.4 is 9.64 Å². The number of methoxy groups -OCH3 is 1. The summed E-state index contributed by atoms with van der Waals surface area (Å²) in [4.78, 5) is 27.4. The SMILES string of the molecule is COc1ccc(Cl)c(/C(O)=C2\C(=O)C(=O)N(c3ccc(Cl)cc3)C2c2ccc(F)cc2)c1. The van der Waals surface area contributed by atoms with Crippen LogP contribution in [-0.2, 0) is 9.59 Å². The predicted molar refractivity (Wildman–Crippen MR) is 121 cm³/mol. The third-order valence-electron chi connectivity index (χ3n) is 5.16. The van der Waals surface area contributed by atoms with E-state index in [1.165, 1.54) is 48.4 Å². The minimum atomic E-state index is -1.01. The number of carbonyl (C=O) groups excluding carboxylic acids is 2. The van der Waals surface area contributed by atoms with Crippen LogP contribution in [0.5, 0.6) is 5.75 Å². The predicted octanol–water partition coefficient (Wildman–Crippen LogP) is 5.77. The highest BCUT2D eigenvalue weighted by molar-refractivity contribution is 6.52. The summed E-state index contributed by atoms with van der Waals surface area (Å²) >= 11 is 12.2. The van der Waals surface area contributed by atoms with E-state index >= 15 is 0 Å². The van der Waals surface area contributed by atoms with Crippen LogP contribution >= 0.6 is 23.2 Å². The van der Waals surface area contributed by atoms with E-state index < -0.39 is 29.3 Å². The summed E-state index contributed by atoms with van der Waals surface area (Å²) in [6, 6.07) is 15.2. The first kappa shape index (κ1) is 21.9. The third-order valence-corrected chi connectivity index (χ3v) is 5.75. The quantitative estimate of drug-likeness (QED) is 0.298. The Labute approximate surface area is 193 Å². The lowest BCUT2D eigenvalue weighted by atomic mass is 9.95. The summed E-state index contributed by atoms with van der Waals surface area (Å²) < 4.78 is 18.8. The van der Waals surface area contributed by atoms with E-state index in [0.29, 0.717) is 22.0 Å². The molecule has 5 nitrogen and oxygen atoms in total. The molecule has 1 aliphatic rings. The summed E-state index contributed by atoms with van der Waals surface area (Å²) in [6.45, 7) is 0. The number of anilines is 1. The van der Waals surface area contributed by atoms with E-state index in [1.807, 2.05) is 0 Å². The second kappa shape index (κ2) is 8.65. The Morgan fingerprint density at radius 3 is 2.28 bits per heavy atom. The van der Waals surface area contributed by atoms with Crippen LogP contribution in [0.25, 0.3) is 5.76 Å². The van der Waals surface area contributed by atoms with Crippen molar-refractivity contribution in [3.63, 3.8) is 0 Å². The minimum absolute atomic E-state index is 0.132. The summed E-state index contributed by atoms with van der Waals surface area (Å²) in [6.07, 6.45) is 0. The first-order chi connectivity index (χ1) is 15.3. The van der Waals surface area contributed by atoms with Gasteiger partial charge in [-0.25, -0.2) is 4.39 Å². The Hall–Kier alpha value is -3.35. The van der Waals surface area contributed by atoms with Crippen molar-refractivity contribution in [1.29, 1.82) is 0 Å². The number of Topliss-reactive ketones (excluding diaryl/α,β-unsaturated/α-hetero) is 1. The van der Waals surface area contributed by atoms with E-state index in [4.69, 9.17) is 27.9 Å². The molecule has 0 aromatic heterocycles.